The molecule has 0 radical (unpaired) electrons. The number of hydrogen-bond acceptors (Lipinski definition) is 3. The van der Waals surface area contributed by atoms with Crippen molar-refractivity contribution >= 4 is 38.1 Å². The molecule has 0 aliphatic rings. The predicted molar refractivity (Wildman–Crippen MR) is 281 cm³/mol. The Morgan fingerprint density at radius 3 is 1.49 bits per heavy atom. The van der Waals surface area contributed by atoms with E-state index in [2.05, 4.69) is 240 Å². The van der Waals surface area contributed by atoms with E-state index in [1.807, 2.05) is 18.2 Å². The number of fused-ring (bicyclic) bond motifs is 6. The second kappa shape index (κ2) is 16.4. The molecule has 13 aromatic rings. The summed E-state index contributed by atoms with van der Waals surface area (Å²) in [6, 6.07) is 88.0. The second-order valence-corrected chi connectivity index (χ2v) is 17.2. The van der Waals surface area contributed by atoms with Crippen LogP contribution in [0.3, 0.4) is 0 Å². The second-order valence-electron chi connectivity index (χ2n) is 17.2. The molecule has 0 bridgehead atoms. The molecule has 4 heterocycles. The Balaban J connectivity index is 1.00. The van der Waals surface area contributed by atoms with Gasteiger partial charge < -0.3 is 4.57 Å². The molecule has 0 aliphatic heterocycles. The van der Waals surface area contributed by atoms with E-state index in [1.165, 1.54) is 21.8 Å². The van der Waals surface area contributed by atoms with Gasteiger partial charge in [0.25, 0.3) is 0 Å². The molecule has 5 nitrogen and oxygen atoms in total. The number of aromatic nitrogens is 5. The molecular weight excluding hydrogens is 827 g/mol. The van der Waals surface area contributed by atoms with Gasteiger partial charge in [0.1, 0.15) is 5.69 Å². The largest absolute Gasteiger partial charge is 0.309 e. The van der Waals surface area contributed by atoms with Crippen molar-refractivity contribution in [2.45, 2.75) is 0 Å². The van der Waals surface area contributed by atoms with Crippen LogP contribution < -0.4 is 0 Å². The summed E-state index contributed by atoms with van der Waals surface area (Å²) in [4.78, 5) is 10.6. The summed E-state index contributed by atoms with van der Waals surface area (Å²) in [6.07, 6.45) is 0. The van der Waals surface area contributed by atoms with E-state index in [1.54, 1.807) is 0 Å². The van der Waals surface area contributed by atoms with Crippen molar-refractivity contribution in [3.8, 4) is 84.4 Å². The minimum Gasteiger partial charge on any atom is -0.309 e. The van der Waals surface area contributed by atoms with Gasteiger partial charge in [-0.1, -0.05) is 206 Å². The predicted octanol–water partition coefficient (Wildman–Crippen LogP) is 16.0. The fraction of sp³-hybridized carbons (Fsp3) is 0. The third-order valence-corrected chi connectivity index (χ3v) is 13.1. The molecule has 0 saturated heterocycles. The zero-order valence-corrected chi connectivity index (χ0v) is 36.9. The quantitative estimate of drug-likeness (QED) is 0.153. The highest BCUT2D eigenvalue weighted by atomic mass is 15.2. The average Bonchev–Trinajstić information content (AvgIpc) is 3.99. The Labute approximate surface area is 393 Å². The average molecular weight is 868 g/mol. The zero-order valence-electron chi connectivity index (χ0n) is 36.9. The van der Waals surface area contributed by atoms with Crippen LogP contribution in [0.5, 0.6) is 0 Å². The number of para-hydroxylation sites is 2. The van der Waals surface area contributed by atoms with E-state index in [-0.39, 0.29) is 0 Å². The van der Waals surface area contributed by atoms with Gasteiger partial charge in [-0.15, -0.1) is 0 Å². The van der Waals surface area contributed by atoms with Gasteiger partial charge in [0, 0.05) is 55.2 Å². The van der Waals surface area contributed by atoms with E-state index in [0.717, 1.165) is 94.8 Å². The summed E-state index contributed by atoms with van der Waals surface area (Å²) in [5.41, 5.74) is 17.7. The maximum absolute atomic E-state index is 5.46. The van der Waals surface area contributed by atoms with Gasteiger partial charge in [-0.25, -0.2) is 14.5 Å². The van der Waals surface area contributed by atoms with E-state index in [4.69, 9.17) is 15.1 Å². The molecule has 13 rings (SSSR count). The molecule has 5 heteroatoms. The Kier molecular flexibility index (Phi) is 9.43. The molecule has 68 heavy (non-hydrogen) atoms. The Morgan fingerprint density at radius 1 is 0.324 bits per heavy atom. The topological polar surface area (TPSA) is 48.0 Å². The van der Waals surface area contributed by atoms with Gasteiger partial charge in [-0.2, -0.15) is 5.10 Å². The first kappa shape index (κ1) is 39.2. The van der Waals surface area contributed by atoms with Crippen LogP contribution in [0, 0.1) is 0 Å². The Hall–Kier alpha value is -9.19. The van der Waals surface area contributed by atoms with Gasteiger partial charge in [0.2, 0.25) is 0 Å². The molecule has 0 N–H and O–H groups in total. The molecule has 4 aromatic heterocycles. The number of hydrogen-bond donors (Lipinski definition) is 0. The minimum absolute atomic E-state index is 0.675. The highest BCUT2D eigenvalue weighted by Crippen LogP contribution is 2.44. The molecule has 0 unspecified atom stereocenters. The zero-order chi connectivity index (χ0) is 45.0. The van der Waals surface area contributed by atoms with E-state index in [9.17, 15) is 0 Å². The molecule has 0 amide bonds. The lowest BCUT2D eigenvalue weighted by Gasteiger charge is -2.15. The fourth-order valence-electron chi connectivity index (χ4n) is 10.0. The smallest absolute Gasteiger partial charge is 0.160 e. The van der Waals surface area contributed by atoms with E-state index < -0.39 is 0 Å². The number of pyridine rings is 1. The fourth-order valence-corrected chi connectivity index (χ4v) is 10.0. The number of rotatable bonds is 8. The van der Waals surface area contributed by atoms with Gasteiger partial charge in [-0.05, 0) is 64.5 Å². The normalized spacial score (nSPS) is 11.5. The molecular formula is C63H41N5. The maximum atomic E-state index is 5.46. The van der Waals surface area contributed by atoms with Gasteiger partial charge >= 0.3 is 0 Å². The number of benzene rings is 9. The van der Waals surface area contributed by atoms with Crippen molar-refractivity contribution < 1.29 is 0 Å². The summed E-state index contributed by atoms with van der Waals surface area (Å²) >= 11 is 0. The van der Waals surface area contributed by atoms with Crippen LogP contribution in [0.1, 0.15) is 0 Å². The van der Waals surface area contributed by atoms with Crippen molar-refractivity contribution in [3.63, 3.8) is 0 Å². The van der Waals surface area contributed by atoms with Crippen LogP contribution in [0.15, 0.2) is 249 Å². The summed E-state index contributed by atoms with van der Waals surface area (Å²) < 4.78 is 4.51. The van der Waals surface area contributed by atoms with Crippen molar-refractivity contribution in [3.05, 3.63) is 249 Å². The van der Waals surface area contributed by atoms with Crippen LogP contribution in [0.25, 0.3) is 122 Å². The molecule has 9 aromatic carbocycles. The first-order valence-corrected chi connectivity index (χ1v) is 23.0. The van der Waals surface area contributed by atoms with Crippen molar-refractivity contribution in [2.24, 2.45) is 0 Å². The van der Waals surface area contributed by atoms with Gasteiger partial charge in [0.05, 0.1) is 33.6 Å². The first-order valence-electron chi connectivity index (χ1n) is 23.0. The molecule has 0 saturated carbocycles. The standard InChI is InChI=1S/C63H41N5/c1-5-20-42(21-6-1)59-40-54-50(34-19-35-53(54)62-60(43-22-7-2-8-23-43)61(66-68(59)62)44-24-9-3-10-25-44)46-28-17-29-47(38-46)55-41-56(65-63(64-55)45-26-11-4-12-27-45)48-30-18-31-49(39-48)67-57-36-15-13-32-51(57)52-33-14-16-37-58(52)67/h1-41H. The third kappa shape index (κ3) is 6.68. The third-order valence-electron chi connectivity index (χ3n) is 13.1. The maximum Gasteiger partial charge on any atom is 0.160 e. The van der Waals surface area contributed by atoms with Gasteiger partial charge in [0.15, 0.2) is 5.82 Å². The van der Waals surface area contributed by atoms with Crippen LogP contribution in [-0.2, 0) is 0 Å². The summed E-state index contributed by atoms with van der Waals surface area (Å²) in [5, 5.41) is 10.2. The van der Waals surface area contributed by atoms with Crippen LogP contribution in [0.2, 0.25) is 0 Å². The summed E-state index contributed by atoms with van der Waals surface area (Å²) in [6.45, 7) is 0. The highest BCUT2D eigenvalue weighted by Gasteiger charge is 2.23. The molecule has 0 fully saturated rings. The summed E-state index contributed by atoms with van der Waals surface area (Å²) in [7, 11) is 0. The molecule has 0 spiro atoms. The lowest BCUT2D eigenvalue weighted by Crippen LogP contribution is -1.98. The number of nitrogens with zero attached hydrogens (tertiary/aromatic N) is 5. The molecule has 0 atom stereocenters. The molecule has 0 aliphatic carbocycles. The minimum atomic E-state index is 0.675. The van der Waals surface area contributed by atoms with Crippen LogP contribution in [0.4, 0.5) is 0 Å². The van der Waals surface area contributed by atoms with E-state index >= 15 is 0 Å². The monoisotopic (exact) mass is 867 g/mol. The van der Waals surface area contributed by atoms with E-state index in [0.29, 0.717) is 5.82 Å². The molecule has 318 valence electrons. The van der Waals surface area contributed by atoms with Crippen LogP contribution in [-0.4, -0.2) is 24.1 Å². The van der Waals surface area contributed by atoms with Crippen LogP contribution >= 0.6 is 0 Å². The Bertz CT molecular complexity index is 3950. The lowest BCUT2D eigenvalue weighted by molar-refractivity contribution is 0.979. The van der Waals surface area contributed by atoms with Crippen molar-refractivity contribution in [2.75, 3.05) is 0 Å². The lowest BCUT2D eigenvalue weighted by atomic mass is 9.92. The highest BCUT2D eigenvalue weighted by molar-refractivity contribution is 6.13. The van der Waals surface area contributed by atoms with Crippen molar-refractivity contribution in [1.29, 1.82) is 0 Å². The first-order chi connectivity index (χ1) is 33.7. The SMILES string of the molecule is c1ccc(-c2nc(-c3cccc(-c4cccc5c4cc(-c4ccccc4)n4nc(-c6ccccc6)c(-c6ccccc6)c54)c3)cc(-c3cccc(-n4c5ccccc5c5ccccc54)c3)n2)cc1. The Morgan fingerprint density at radius 2 is 0.824 bits per heavy atom. The summed E-state index contributed by atoms with van der Waals surface area (Å²) in [5.74, 6) is 0.675. The van der Waals surface area contributed by atoms with Gasteiger partial charge in [-0.3, -0.25) is 0 Å². The van der Waals surface area contributed by atoms with Crippen molar-refractivity contribution in [1.82, 2.24) is 24.1 Å².